The number of anilines is 1. The van der Waals surface area contributed by atoms with Gasteiger partial charge < -0.3 is 10.1 Å². The molecule has 0 atom stereocenters. The number of rotatable bonds is 8. The van der Waals surface area contributed by atoms with Crippen LogP contribution in [0.5, 0.6) is 5.75 Å². The zero-order valence-electron chi connectivity index (χ0n) is 11.1. The minimum absolute atomic E-state index is 0.0874. The van der Waals surface area contributed by atoms with Crippen LogP contribution in [-0.4, -0.2) is 30.4 Å². The average molecular weight is 310 g/mol. The summed E-state index contributed by atoms with van der Waals surface area (Å²) in [6.07, 6.45) is -3.17. The lowest BCUT2D eigenvalue weighted by molar-refractivity contribution is -0.384. The summed E-state index contributed by atoms with van der Waals surface area (Å²) >= 11 is 0. The predicted molar refractivity (Wildman–Crippen MR) is 68.3 cm³/mol. The van der Waals surface area contributed by atoms with E-state index in [0.717, 1.165) is 12.1 Å². The van der Waals surface area contributed by atoms with Crippen LogP contribution >= 0.6 is 0 Å². The van der Waals surface area contributed by atoms with Gasteiger partial charge in [-0.15, -0.1) is 0 Å². The smallest absolute Gasteiger partial charge is 0.324 e. The van der Waals surface area contributed by atoms with Crippen LogP contribution in [0.15, 0.2) is 18.2 Å². The lowest BCUT2D eigenvalue weighted by atomic mass is 10.2. The van der Waals surface area contributed by atoms with E-state index < -0.39 is 23.8 Å². The molecule has 1 rings (SSSR count). The van der Waals surface area contributed by atoms with Crippen molar-refractivity contribution in [2.45, 2.75) is 25.7 Å². The van der Waals surface area contributed by atoms with Gasteiger partial charge in [0.1, 0.15) is 5.75 Å². The van der Waals surface area contributed by atoms with Crippen LogP contribution in [-0.2, 0) is 0 Å². The monoisotopic (exact) mass is 310 g/mol. The summed E-state index contributed by atoms with van der Waals surface area (Å²) in [5.74, 6) is -4.12. The van der Waals surface area contributed by atoms with E-state index >= 15 is 0 Å². The lowest BCUT2D eigenvalue weighted by Crippen LogP contribution is -2.34. The molecule has 0 radical (unpaired) electrons. The van der Waals surface area contributed by atoms with Crippen molar-refractivity contribution in [2.75, 3.05) is 18.5 Å². The molecule has 0 bridgehead atoms. The van der Waals surface area contributed by atoms with Crippen LogP contribution < -0.4 is 10.1 Å². The molecule has 0 heterocycles. The number of halogens is 4. The molecule has 0 saturated carbocycles. The Hall–Kier alpha value is -2.06. The molecule has 0 spiro atoms. The lowest BCUT2D eigenvalue weighted by Gasteiger charge is -2.17. The van der Waals surface area contributed by atoms with E-state index in [2.05, 4.69) is 5.32 Å². The Labute approximate surface area is 118 Å². The molecule has 0 aliphatic rings. The van der Waals surface area contributed by atoms with Crippen molar-refractivity contribution < 1.29 is 27.2 Å². The van der Waals surface area contributed by atoms with Crippen molar-refractivity contribution in [3.63, 3.8) is 0 Å². The number of hydrogen-bond acceptors (Lipinski definition) is 4. The second-order valence-electron chi connectivity index (χ2n) is 4.24. The Bertz CT molecular complexity index is 497. The Balaban J connectivity index is 2.90. The largest absolute Gasteiger partial charge is 0.493 e. The second-order valence-corrected chi connectivity index (χ2v) is 4.24. The molecule has 21 heavy (non-hydrogen) atoms. The third kappa shape index (κ3) is 5.09. The first-order chi connectivity index (χ1) is 9.76. The van der Waals surface area contributed by atoms with Gasteiger partial charge in [0.05, 0.1) is 24.1 Å². The van der Waals surface area contributed by atoms with Crippen LogP contribution in [0.2, 0.25) is 0 Å². The van der Waals surface area contributed by atoms with Gasteiger partial charge in [-0.25, -0.2) is 8.78 Å². The highest BCUT2D eigenvalue weighted by Gasteiger charge is 2.40. The first-order valence-corrected chi connectivity index (χ1v) is 6.08. The third-order valence-electron chi connectivity index (χ3n) is 2.42. The Morgan fingerprint density at radius 3 is 2.57 bits per heavy atom. The van der Waals surface area contributed by atoms with E-state index in [1.165, 1.54) is 6.07 Å². The molecule has 1 aromatic rings. The summed E-state index contributed by atoms with van der Waals surface area (Å²) in [6, 6.07) is 3.34. The fourth-order valence-electron chi connectivity index (χ4n) is 1.39. The van der Waals surface area contributed by atoms with Crippen molar-refractivity contribution >= 4 is 11.4 Å². The van der Waals surface area contributed by atoms with E-state index in [-0.39, 0.29) is 23.7 Å². The van der Waals surface area contributed by atoms with Gasteiger partial charge in [-0.05, 0) is 6.42 Å². The van der Waals surface area contributed by atoms with Gasteiger partial charge in [0.2, 0.25) is 0 Å². The Morgan fingerprint density at radius 1 is 1.38 bits per heavy atom. The van der Waals surface area contributed by atoms with Crippen molar-refractivity contribution in [2.24, 2.45) is 0 Å². The SMILES string of the molecule is CCCOc1cc(NCC(F)(F)C(F)F)cc([N+](=O)[O-])c1. The highest BCUT2D eigenvalue weighted by molar-refractivity contribution is 5.56. The molecule has 118 valence electrons. The molecule has 1 N–H and O–H groups in total. The number of benzene rings is 1. The van der Waals surface area contributed by atoms with Crippen molar-refractivity contribution in [1.82, 2.24) is 0 Å². The minimum Gasteiger partial charge on any atom is -0.493 e. The summed E-state index contributed by atoms with van der Waals surface area (Å²) < 4.78 is 54.9. The number of alkyl halides is 4. The van der Waals surface area contributed by atoms with Gasteiger partial charge in [0.25, 0.3) is 5.69 Å². The standard InChI is InChI=1S/C12H14F4N2O3/c1-2-3-21-10-5-8(4-9(6-10)18(19)20)17-7-12(15,16)11(13)14/h4-6,11,17H,2-3,7H2,1H3. The van der Waals surface area contributed by atoms with E-state index in [1.807, 2.05) is 6.92 Å². The van der Waals surface area contributed by atoms with Crippen LogP contribution in [0.4, 0.5) is 28.9 Å². The molecule has 9 heteroatoms. The summed E-state index contributed by atoms with van der Waals surface area (Å²) in [6.45, 7) is 0.770. The van der Waals surface area contributed by atoms with Crippen molar-refractivity contribution in [3.8, 4) is 5.75 Å². The van der Waals surface area contributed by atoms with Crippen LogP contribution in [0.1, 0.15) is 13.3 Å². The maximum Gasteiger partial charge on any atom is 0.324 e. The molecule has 0 amide bonds. The second kappa shape index (κ2) is 7.09. The molecule has 0 aliphatic heterocycles. The number of hydrogen-bond donors (Lipinski definition) is 1. The van der Waals surface area contributed by atoms with E-state index in [9.17, 15) is 27.7 Å². The zero-order valence-corrected chi connectivity index (χ0v) is 11.1. The van der Waals surface area contributed by atoms with Crippen LogP contribution in [0.3, 0.4) is 0 Å². The van der Waals surface area contributed by atoms with E-state index in [0.29, 0.717) is 6.42 Å². The number of nitrogens with one attached hydrogen (secondary N) is 1. The highest BCUT2D eigenvalue weighted by atomic mass is 19.3. The van der Waals surface area contributed by atoms with Crippen LogP contribution in [0.25, 0.3) is 0 Å². The molecule has 5 nitrogen and oxygen atoms in total. The Kier molecular flexibility index (Phi) is 5.74. The zero-order chi connectivity index (χ0) is 16.0. The topological polar surface area (TPSA) is 64.4 Å². The molecule has 0 saturated heterocycles. The molecule has 0 fully saturated rings. The van der Waals surface area contributed by atoms with Crippen molar-refractivity contribution in [1.29, 1.82) is 0 Å². The van der Waals surface area contributed by atoms with Gasteiger partial charge in [-0.2, -0.15) is 8.78 Å². The highest BCUT2D eigenvalue weighted by Crippen LogP contribution is 2.28. The molecule has 0 unspecified atom stereocenters. The van der Waals surface area contributed by atoms with Gasteiger partial charge >= 0.3 is 12.3 Å². The normalized spacial score (nSPS) is 11.5. The number of non-ortho nitro benzene ring substituents is 1. The van der Waals surface area contributed by atoms with Gasteiger partial charge in [0.15, 0.2) is 0 Å². The van der Waals surface area contributed by atoms with Crippen LogP contribution in [0, 0.1) is 10.1 Å². The maximum atomic E-state index is 12.8. The maximum absolute atomic E-state index is 12.8. The predicted octanol–water partition coefficient (Wildman–Crippen LogP) is 3.70. The quantitative estimate of drug-likeness (QED) is 0.452. The van der Waals surface area contributed by atoms with Gasteiger partial charge in [0, 0.05) is 17.8 Å². The number of ether oxygens (including phenoxy) is 1. The average Bonchev–Trinajstić information content (AvgIpc) is 2.42. The number of nitro benzene ring substituents is 1. The Morgan fingerprint density at radius 2 is 2.05 bits per heavy atom. The first kappa shape index (κ1) is 17.0. The van der Waals surface area contributed by atoms with E-state index in [4.69, 9.17) is 4.74 Å². The number of nitrogens with zero attached hydrogens (tertiary/aromatic N) is 1. The summed E-state index contributed by atoms with van der Waals surface area (Å²) in [5.41, 5.74) is -0.470. The summed E-state index contributed by atoms with van der Waals surface area (Å²) in [5, 5.41) is 12.8. The molecular formula is C12H14F4N2O3. The molecular weight excluding hydrogens is 296 g/mol. The first-order valence-electron chi connectivity index (χ1n) is 6.08. The van der Waals surface area contributed by atoms with Crippen molar-refractivity contribution in [3.05, 3.63) is 28.3 Å². The number of nitro groups is 1. The third-order valence-corrected chi connectivity index (χ3v) is 2.42. The minimum atomic E-state index is -4.23. The molecule has 0 aliphatic carbocycles. The summed E-state index contributed by atoms with van der Waals surface area (Å²) in [4.78, 5) is 10.0. The van der Waals surface area contributed by atoms with Gasteiger partial charge in [-0.1, -0.05) is 6.92 Å². The fourth-order valence-corrected chi connectivity index (χ4v) is 1.39. The molecule has 1 aromatic carbocycles. The fraction of sp³-hybridized carbons (Fsp3) is 0.500. The summed E-state index contributed by atoms with van der Waals surface area (Å²) in [7, 11) is 0. The molecule has 0 aromatic heterocycles. The van der Waals surface area contributed by atoms with E-state index in [1.54, 1.807) is 0 Å². The van der Waals surface area contributed by atoms with Gasteiger partial charge in [-0.3, -0.25) is 10.1 Å².